The Balaban J connectivity index is 2.88. The Labute approximate surface area is 107 Å². The molecule has 1 rings (SSSR count). The average molecular weight is 257 g/mol. The third-order valence-corrected chi connectivity index (χ3v) is 2.72. The van der Waals surface area contributed by atoms with Gasteiger partial charge in [0.1, 0.15) is 0 Å². The Kier molecular flexibility index (Phi) is 5.38. The van der Waals surface area contributed by atoms with E-state index in [1.165, 1.54) is 6.20 Å². The van der Waals surface area contributed by atoms with Gasteiger partial charge < -0.3 is 9.64 Å². The predicted octanol–water partition coefficient (Wildman–Crippen LogP) is 2.23. The highest BCUT2D eigenvalue weighted by molar-refractivity contribution is 6.33. The molecule has 4 nitrogen and oxygen atoms in total. The number of amides is 1. The molecule has 0 aliphatic heterocycles. The molecular weight excluding hydrogens is 240 g/mol. The number of hydrogen-bond donors (Lipinski definition) is 0. The summed E-state index contributed by atoms with van der Waals surface area (Å²) < 4.78 is 5.00. The smallest absolute Gasteiger partial charge is 0.255 e. The van der Waals surface area contributed by atoms with Crippen LogP contribution in [0.4, 0.5) is 0 Å². The molecule has 0 fully saturated rings. The van der Waals surface area contributed by atoms with Gasteiger partial charge in [-0.3, -0.25) is 9.78 Å². The summed E-state index contributed by atoms with van der Waals surface area (Å²) in [6.07, 6.45) is 3.04. The molecule has 0 saturated heterocycles. The van der Waals surface area contributed by atoms with E-state index in [1.807, 2.05) is 13.8 Å². The molecule has 1 heterocycles. The minimum atomic E-state index is -0.0931. The Morgan fingerprint density at radius 3 is 2.82 bits per heavy atom. The maximum absolute atomic E-state index is 12.3. The Bertz CT molecular complexity index is 383. The highest BCUT2D eigenvalue weighted by Crippen LogP contribution is 2.17. The first-order valence-corrected chi connectivity index (χ1v) is 5.85. The van der Waals surface area contributed by atoms with E-state index in [2.05, 4.69) is 4.98 Å². The van der Waals surface area contributed by atoms with E-state index in [1.54, 1.807) is 24.3 Å². The van der Waals surface area contributed by atoms with Crippen LogP contribution in [0, 0.1) is 0 Å². The molecule has 1 aromatic rings. The van der Waals surface area contributed by atoms with Crippen LogP contribution in [0.2, 0.25) is 5.02 Å². The SMILES string of the molecule is COCCN(C(=O)c1ccncc1Cl)C(C)C. The first kappa shape index (κ1) is 13.9. The van der Waals surface area contributed by atoms with Crippen molar-refractivity contribution in [2.75, 3.05) is 20.3 Å². The van der Waals surface area contributed by atoms with Gasteiger partial charge in [-0.1, -0.05) is 11.6 Å². The number of rotatable bonds is 5. The van der Waals surface area contributed by atoms with E-state index in [-0.39, 0.29) is 11.9 Å². The summed E-state index contributed by atoms with van der Waals surface area (Å²) in [5, 5.41) is 0.376. The van der Waals surface area contributed by atoms with Gasteiger partial charge in [-0.25, -0.2) is 0 Å². The summed E-state index contributed by atoms with van der Waals surface area (Å²) >= 11 is 5.96. The van der Waals surface area contributed by atoms with Gasteiger partial charge >= 0.3 is 0 Å². The number of ether oxygens (including phenoxy) is 1. The molecule has 0 bridgehead atoms. The molecule has 0 aromatic carbocycles. The van der Waals surface area contributed by atoms with E-state index in [0.717, 1.165) is 0 Å². The molecule has 17 heavy (non-hydrogen) atoms. The summed E-state index contributed by atoms with van der Waals surface area (Å²) in [6, 6.07) is 1.73. The fourth-order valence-corrected chi connectivity index (χ4v) is 1.69. The van der Waals surface area contributed by atoms with Gasteiger partial charge in [0, 0.05) is 32.1 Å². The van der Waals surface area contributed by atoms with Crippen LogP contribution in [-0.2, 0) is 4.74 Å². The number of hydrogen-bond acceptors (Lipinski definition) is 3. The zero-order valence-electron chi connectivity index (χ0n) is 10.3. The standard InChI is InChI=1S/C12H17ClN2O2/c1-9(2)15(6-7-17-3)12(16)10-4-5-14-8-11(10)13/h4-5,8-9H,6-7H2,1-3H3. The van der Waals surface area contributed by atoms with Gasteiger partial charge in [-0.2, -0.15) is 0 Å². The second-order valence-electron chi connectivity index (χ2n) is 3.94. The maximum atomic E-state index is 12.3. The Morgan fingerprint density at radius 2 is 2.29 bits per heavy atom. The van der Waals surface area contributed by atoms with Crippen molar-refractivity contribution in [1.82, 2.24) is 9.88 Å². The van der Waals surface area contributed by atoms with Gasteiger partial charge in [0.05, 0.1) is 17.2 Å². The van der Waals surface area contributed by atoms with E-state index in [9.17, 15) is 4.79 Å². The molecule has 0 spiro atoms. The molecule has 0 saturated carbocycles. The number of halogens is 1. The fourth-order valence-electron chi connectivity index (χ4n) is 1.49. The number of pyridine rings is 1. The topological polar surface area (TPSA) is 42.4 Å². The van der Waals surface area contributed by atoms with Crippen molar-refractivity contribution in [3.8, 4) is 0 Å². The molecule has 5 heteroatoms. The van der Waals surface area contributed by atoms with Crippen LogP contribution in [-0.4, -0.2) is 42.1 Å². The minimum absolute atomic E-state index is 0.0931. The predicted molar refractivity (Wildman–Crippen MR) is 67.3 cm³/mol. The quantitative estimate of drug-likeness (QED) is 0.811. The summed E-state index contributed by atoms with van der Waals surface area (Å²) in [4.78, 5) is 17.9. The van der Waals surface area contributed by atoms with Gasteiger partial charge in [0.15, 0.2) is 0 Å². The molecule has 0 N–H and O–H groups in total. The number of aromatic nitrogens is 1. The van der Waals surface area contributed by atoms with Gasteiger partial charge in [-0.05, 0) is 19.9 Å². The van der Waals surface area contributed by atoms with Crippen molar-refractivity contribution in [2.24, 2.45) is 0 Å². The van der Waals surface area contributed by atoms with Gasteiger partial charge in [0.25, 0.3) is 5.91 Å². The summed E-state index contributed by atoms with van der Waals surface area (Å²) in [6.45, 7) is 4.98. The first-order chi connectivity index (χ1) is 8.07. The molecule has 94 valence electrons. The second-order valence-corrected chi connectivity index (χ2v) is 4.35. The van der Waals surface area contributed by atoms with Crippen molar-refractivity contribution in [3.05, 3.63) is 29.0 Å². The highest BCUT2D eigenvalue weighted by Gasteiger charge is 2.20. The van der Waals surface area contributed by atoms with Crippen molar-refractivity contribution in [1.29, 1.82) is 0 Å². The zero-order chi connectivity index (χ0) is 12.8. The number of carbonyl (C=O) groups excluding carboxylic acids is 1. The Morgan fingerprint density at radius 1 is 1.59 bits per heavy atom. The largest absolute Gasteiger partial charge is 0.383 e. The molecule has 0 radical (unpaired) electrons. The molecule has 1 amide bonds. The fraction of sp³-hybridized carbons (Fsp3) is 0.500. The van der Waals surface area contributed by atoms with Crippen LogP contribution in [0.25, 0.3) is 0 Å². The van der Waals surface area contributed by atoms with Crippen molar-refractivity contribution >= 4 is 17.5 Å². The first-order valence-electron chi connectivity index (χ1n) is 5.47. The number of nitrogens with zero attached hydrogens (tertiary/aromatic N) is 2. The van der Waals surface area contributed by atoms with Crippen molar-refractivity contribution < 1.29 is 9.53 Å². The van der Waals surface area contributed by atoms with Crippen LogP contribution in [0.1, 0.15) is 24.2 Å². The van der Waals surface area contributed by atoms with Gasteiger partial charge in [0.2, 0.25) is 0 Å². The zero-order valence-corrected chi connectivity index (χ0v) is 11.1. The summed E-state index contributed by atoms with van der Waals surface area (Å²) in [7, 11) is 1.61. The Hall–Kier alpha value is -1.13. The molecule has 0 aliphatic carbocycles. The van der Waals surface area contributed by atoms with E-state index < -0.39 is 0 Å². The molecule has 0 aliphatic rings. The average Bonchev–Trinajstić information content (AvgIpc) is 2.29. The number of carbonyl (C=O) groups is 1. The molecule has 0 atom stereocenters. The normalized spacial score (nSPS) is 10.6. The summed E-state index contributed by atoms with van der Waals surface area (Å²) in [5.74, 6) is -0.0931. The highest BCUT2D eigenvalue weighted by atomic mass is 35.5. The monoisotopic (exact) mass is 256 g/mol. The van der Waals surface area contributed by atoms with Crippen LogP contribution in [0.5, 0.6) is 0 Å². The second kappa shape index (κ2) is 6.57. The van der Waals surface area contributed by atoms with Crippen LogP contribution in [0.15, 0.2) is 18.5 Å². The van der Waals surface area contributed by atoms with Crippen LogP contribution >= 0.6 is 11.6 Å². The van der Waals surface area contributed by atoms with Crippen molar-refractivity contribution in [3.63, 3.8) is 0 Å². The summed E-state index contributed by atoms with van der Waals surface area (Å²) in [5.41, 5.74) is 0.478. The molecule has 1 aromatic heterocycles. The van der Waals surface area contributed by atoms with Gasteiger partial charge in [-0.15, -0.1) is 0 Å². The van der Waals surface area contributed by atoms with Crippen LogP contribution < -0.4 is 0 Å². The van der Waals surface area contributed by atoms with E-state index in [0.29, 0.717) is 23.7 Å². The third-order valence-electron chi connectivity index (χ3n) is 2.42. The molecular formula is C12H17ClN2O2. The van der Waals surface area contributed by atoms with E-state index >= 15 is 0 Å². The molecule has 0 unspecified atom stereocenters. The lowest BCUT2D eigenvalue weighted by molar-refractivity contribution is 0.0635. The lowest BCUT2D eigenvalue weighted by atomic mass is 10.2. The van der Waals surface area contributed by atoms with Crippen LogP contribution in [0.3, 0.4) is 0 Å². The maximum Gasteiger partial charge on any atom is 0.255 e. The lowest BCUT2D eigenvalue weighted by Crippen LogP contribution is -2.39. The lowest BCUT2D eigenvalue weighted by Gasteiger charge is -2.26. The van der Waals surface area contributed by atoms with Crippen molar-refractivity contribution in [2.45, 2.75) is 19.9 Å². The third kappa shape index (κ3) is 3.68. The van der Waals surface area contributed by atoms with E-state index in [4.69, 9.17) is 16.3 Å². The minimum Gasteiger partial charge on any atom is -0.383 e. The number of methoxy groups -OCH3 is 1.